The second-order valence-corrected chi connectivity index (χ2v) is 4.14. The molecule has 0 aliphatic heterocycles. The maximum atomic E-state index is 13.5. The molecular weight excluding hydrogens is 247 g/mol. The summed E-state index contributed by atoms with van der Waals surface area (Å²) < 4.78 is 13.5. The van der Waals surface area contributed by atoms with Crippen LogP contribution in [0.2, 0.25) is 0 Å². The first kappa shape index (κ1) is 13.4. The number of aliphatic hydroxyl groups is 2. The van der Waals surface area contributed by atoms with E-state index in [1.807, 2.05) is 0 Å². The molecule has 0 aliphatic carbocycles. The van der Waals surface area contributed by atoms with E-state index in [1.54, 1.807) is 30.3 Å². The van der Waals surface area contributed by atoms with Crippen molar-refractivity contribution in [3.8, 4) is 0 Å². The van der Waals surface area contributed by atoms with Gasteiger partial charge in [-0.25, -0.2) is 4.39 Å². The molecule has 0 fully saturated rings. The van der Waals surface area contributed by atoms with Gasteiger partial charge in [0.2, 0.25) is 0 Å². The maximum absolute atomic E-state index is 13.5. The largest absolute Gasteiger partial charge is 0.392 e. The summed E-state index contributed by atoms with van der Waals surface area (Å²) in [7, 11) is 0. The van der Waals surface area contributed by atoms with Crippen LogP contribution in [-0.4, -0.2) is 16.0 Å². The van der Waals surface area contributed by atoms with Crippen LogP contribution in [-0.2, 0) is 6.61 Å². The highest BCUT2D eigenvalue weighted by molar-refractivity contribution is 5.99. The molecule has 0 spiro atoms. The van der Waals surface area contributed by atoms with Crippen molar-refractivity contribution in [2.45, 2.75) is 12.7 Å². The van der Waals surface area contributed by atoms with Gasteiger partial charge in [-0.15, -0.1) is 0 Å². The molecule has 2 aromatic carbocycles. The van der Waals surface area contributed by atoms with Gasteiger partial charge >= 0.3 is 0 Å². The van der Waals surface area contributed by atoms with Crippen LogP contribution in [0.25, 0.3) is 0 Å². The maximum Gasteiger partial charge on any atom is 0.195 e. The van der Waals surface area contributed by atoms with E-state index in [4.69, 9.17) is 5.11 Å². The van der Waals surface area contributed by atoms with Crippen molar-refractivity contribution in [2.24, 2.45) is 0 Å². The Labute approximate surface area is 109 Å². The third-order valence-electron chi connectivity index (χ3n) is 2.87. The van der Waals surface area contributed by atoms with E-state index in [9.17, 15) is 14.3 Å². The van der Waals surface area contributed by atoms with Gasteiger partial charge < -0.3 is 10.2 Å². The summed E-state index contributed by atoms with van der Waals surface area (Å²) in [6, 6.07) is 12.2. The smallest absolute Gasteiger partial charge is 0.195 e. The van der Waals surface area contributed by atoms with Gasteiger partial charge in [-0.05, 0) is 11.6 Å². The van der Waals surface area contributed by atoms with Crippen molar-refractivity contribution in [1.82, 2.24) is 0 Å². The van der Waals surface area contributed by atoms with Gasteiger partial charge in [0.1, 0.15) is 11.9 Å². The summed E-state index contributed by atoms with van der Waals surface area (Å²) in [5.41, 5.74) is 0.649. The first-order valence-corrected chi connectivity index (χ1v) is 5.80. The molecule has 3 nitrogen and oxygen atoms in total. The van der Waals surface area contributed by atoms with E-state index in [-0.39, 0.29) is 11.1 Å². The summed E-state index contributed by atoms with van der Waals surface area (Å²) >= 11 is 0. The average molecular weight is 260 g/mol. The van der Waals surface area contributed by atoms with Crippen molar-refractivity contribution >= 4 is 5.78 Å². The lowest BCUT2D eigenvalue weighted by Gasteiger charge is -2.10. The highest BCUT2D eigenvalue weighted by atomic mass is 19.1. The predicted octanol–water partition coefficient (Wildman–Crippen LogP) is 2.23. The lowest BCUT2D eigenvalue weighted by atomic mass is 9.99. The fourth-order valence-corrected chi connectivity index (χ4v) is 1.77. The van der Waals surface area contributed by atoms with Crippen LogP contribution in [0, 0.1) is 5.82 Å². The molecular formula is C15H13FO3. The number of hydrogen-bond acceptors (Lipinski definition) is 3. The molecule has 98 valence electrons. The van der Waals surface area contributed by atoms with Gasteiger partial charge in [-0.1, -0.05) is 42.5 Å². The second-order valence-electron chi connectivity index (χ2n) is 4.14. The molecule has 0 saturated carbocycles. The fourth-order valence-electron chi connectivity index (χ4n) is 1.77. The topological polar surface area (TPSA) is 57.5 Å². The third-order valence-corrected chi connectivity index (χ3v) is 2.87. The lowest BCUT2D eigenvalue weighted by Crippen LogP contribution is -2.12. The molecule has 19 heavy (non-hydrogen) atoms. The van der Waals surface area contributed by atoms with Crippen LogP contribution in [0.15, 0.2) is 48.5 Å². The SMILES string of the molecule is O=C(c1ccc(CO)c(F)c1)C(O)c1ccccc1. The van der Waals surface area contributed by atoms with Gasteiger partial charge in [-0.2, -0.15) is 0 Å². The Morgan fingerprint density at radius 2 is 1.84 bits per heavy atom. The molecule has 0 saturated heterocycles. The van der Waals surface area contributed by atoms with Gasteiger partial charge in [0.25, 0.3) is 0 Å². The van der Waals surface area contributed by atoms with Gasteiger partial charge in [0.15, 0.2) is 5.78 Å². The monoisotopic (exact) mass is 260 g/mol. The van der Waals surface area contributed by atoms with Crippen LogP contribution >= 0.6 is 0 Å². The zero-order valence-electron chi connectivity index (χ0n) is 10.1. The Morgan fingerprint density at radius 1 is 1.16 bits per heavy atom. The second kappa shape index (κ2) is 5.73. The third kappa shape index (κ3) is 2.86. The Bertz CT molecular complexity index is 581. The Balaban J connectivity index is 2.27. The van der Waals surface area contributed by atoms with E-state index < -0.39 is 24.3 Å². The molecule has 0 radical (unpaired) electrons. The van der Waals surface area contributed by atoms with Crippen LogP contribution in [0.1, 0.15) is 27.6 Å². The predicted molar refractivity (Wildman–Crippen MR) is 68.1 cm³/mol. The molecule has 2 rings (SSSR count). The first-order valence-electron chi connectivity index (χ1n) is 5.80. The summed E-state index contributed by atoms with van der Waals surface area (Å²) in [6.07, 6.45) is -1.32. The minimum absolute atomic E-state index is 0.0750. The summed E-state index contributed by atoms with van der Waals surface area (Å²) in [6.45, 7) is -0.429. The number of ketones is 1. The average Bonchev–Trinajstić information content (AvgIpc) is 2.46. The van der Waals surface area contributed by atoms with Crippen LogP contribution in [0.3, 0.4) is 0 Å². The molecule has 2 aromatic rings. The summed E-state index contributed by atoms with van der Waals surface area (Å²) in [5, 5.41) is 18.8. The molecule has 4 heteroatoms. The minimum atomic E-state index is -1.32. The molecule has 0 bridgehead atoms. The summed E-state index contributed by atoms with van der Waals surface area (Å²) in [4.78, 5) is 12.0. The highest BCUT2D eigenvalue weighted by Gasteiger charge is 2.19. The van der Waals surface area contributed by atoms with Crippen molar-refractivity contribution in [3.63, 3.8) is 0 Å². The lowest BCUT2D eigenvalue weighted by molar-refractivity contribution is 0.0747. The van der Waals surface area contributed by atoms with E-state index in [1.165, 1.54) is 12.1 Å². The highest BCUT2D eigenvalue weighted by Crippen LogP contribution is 2.20. The first-order chi connectivity index (χ1) is 9.13. The zero-order chi connectivity index (χ0) is 13.8. The van der Waals surface area contributed by atoms with Gasteiger partial charge in [0.05, 0.1) is 6.61 Å². The van der Waals surface area contributed by atoms with E-state index >= 15 is 0 Å². The fraction of sp³-hybridized carbons (Fsp3) is 0.133. The van der Waals surface area contributed by atoms with E-state index in [0.29, 0.717) is 5.56 Å². The van der Waals surface area contributed by atoms with Gasteiger partial charge in [-0.3, -0.25) is 4.79 Å². The molecule has 1 unspecified atom stereocenters. The number of carbonyl (C=O) groups is 1. The van der Waals surface area contributed by atoms with Crippen molar-refractivity contribution in [1.29, 1.82) is 0 Å². The Kier molecular flexibility index (Phi) is 4.04. The minimum Gasteiger partial charge on any atom is -0.392 e. The number of rotatable bonds is 4. The molecule has 0 heterocycles. The number of hydrogen-bond donors (Lipinski definition) is 2. The van der Waals surface area contributed by atoms with E-state index in [0.717, 1.165) is 6.07 Å². The normalized spacial score (nSPS) is 12.2. The molecule has 0 aliphatic rings. The van der Waals surface area contributed by atoms with E-state index in [2.05, 4.69) is 0 Å². The number of halogens is 1. The Morgan fingerprint density at radius 3 is 2.42 bits per heavy atom. The van der Waals surface area contributed by atoms with Crippen LogP contribution < -0.4 is 0 Å². The van der Waals surface area contributed by atoms with Crippen LogP contribution in [0.5, 0.6) is 0 Å². The number of aliphatic hydroxyl groups excluding tert-OH is 2. The van der Waals surface area contributed by atoms with Crippen molar-refractivity contribution in [3.05, 3.63) is 71.0 Å². The number of benzene rings is 2. The molecule has 0 amide bonds. The zero-order valence-corrected chi connectivity index (χ0v) is 10.1. The van der Waals surface area contributed by atoms with Crippen LogP contribution in [0.4, 0.5) is 4.39 Å². The van der Waals surface area contributed by atoms with Crippen molar-refractivity contribution < 1.29 is 19.4 Å². The number of carbonyl (C=O) groups excluding carboxylic acids is 1. The molecule has 2 N–H and O–H groups in total. The van der Waals surface area contributed by atoms with Crippen molar-refractivity contribution in [2.75, 3.05) is 0 Å². The molecule has 0 aromatic heterocycles. The summed E-state index contributed by atoms with van der Waals surface area (Å²) in [5.74, 6) is -1.23. The number of Topliss-reactive ketones (excluding diaryl/α,β-unsaturated/α-hetero) is 1. The quantitative estimate of drug-likeness (QED) is 0.829. The standard InChI is InChI=1S/C15H13FO3/c16-13-8-11(6-7-12(13)9-17)15(19)14(18)10-4-2-1-3-5-10/h1-8,14,17-18H,9H2. The Hall–Kier alpha value is -2.04. The van der Waals surface area contributed by atoms with Gasteiger partial charge in [0, 0.05) is 11.1 Å². The molecule has 1 atom stereocenters.